The van der Waals surface area contributed by atoms with Crippen LogP contribution in [-0.4, -0.2) is 40.9 Å². The minimum atomic E-state index is -0.234. The van der Waals surface area contributed by atoms with E-state index in [0.29, 0.717) is 0 Å². The molecule has 1 saturated carbocycles. The SMILES string of the molecule is CC(C)OC(=O)N1CCCCC1C1CCCC1O. The van der Waals surface area contributed by atoms with E-state index in [-0.39, 0.29) is 30.3 Å². The first-order chi connectivity index (χ1) is 8.59. The van der Waals surface area contributed by atoms with Crippen LogP contribution >= 0.6 is 0 Å². The summed E-state index contributed by atoms with van der Waals surface area (Å²) in [5.41, 5.74) is 0. The van der Waals surface area contributed by atoms with Crippen LogP contribution in [0.25, 0.3) is 0 Å². The van der Waals surface area contributed by atoms with E-state index in [1.807, 2.05) is 18.7 Å². The number of ether oxygens (including phenoxy) is 1. The van der Waals surface area contributed by atoms with Gasteiger partial charge in [0.15, 0.2) is 0 Å². The molecule has 4 heteroatoms. The summed E-state index contributed by atoms with van der Waals surface area (Å²) >= 11 is 0. The molecule has 1 saturated heterocycles. The van der Waals surface area contributed by atoms with Crippen LogP contribution in [0, 0.1) is 5.92 Å². The number of hydrogen-bond donors (Lipinski definition) is 1. The van der Waals surface area contributed by atoms with Gasteiger partial charge in [0.05, 0.1) is 12.2 Å². The number of piperidine rings is 1. The molecule has 1 aliphatic heterocycles. The summed E-state index contributed by atoms with van der Waals surface area (Å²) in [5, 5.41) is 10.0. The fourth-order valence-electron chi connectivity index (χ4n) is 3.32. The molecule has 2 fully saturated rings. The van der Waals surface area contributed by atoms with Crippen molar-refractivity contribution in [1.82, 2.24) is 4.90 Å². The summed E-state index contributed by atoms with van der Waals surface area (Å²) in [6.45, 7) is 4.53. The molecule has 0 bridgehead atoms. The van der Waals surface area contributed by atoms with Crippen molar-refractivity contribution in [2.45, 2.75) is 70.6 Å². The molecule has 3 unspecified atom stereocenters. The van der Waals surface area contributed by atoms with Crippen LogP contribution in [0.15, 0.2) is 0 Å². The fourth-order valence-corrected chi connectivity index (χ4v) is 3.32. The Morgan fingerprint density at radius 2 is 2.00 bits per heavy atom. The minimum absolute atomic E-state index is 0.0754. The van der Waals surface area contributed by atoms with Crippen LogP contribution in [0.4, 0.5) is 4.79 Å². The van der Waals surface area contributed by atoms with Gasteiger partial charge in [-0.1, -0.05) is 6.42 Å². The van der Waals surface area contributed by atoms with Crippen molar-refractivity contribution in [3.8, 4) is 0 Å². The van der Waals surface area contributed by atoms with Gasteiger partial charge in [-0.3, -0.25) is 0 Å². The largest absolute Gasteiger partial charge is 0.447 e. The summed E-state index contributed by atoms with van der Waals surface area (Å²) in [4.78, 5) is 14.0. The van der Waals surface area contributed by atoms with Gasteiger partial charge in [0.1, 0.15) is 0 Å². The fraction of sp³-hybridized carbons (Fsp3) is 0.929. The Kier molecular flexibility index (Phi) is 4.49. The van der Waals surface area contributed by atoms with Gasteiger partial charge in [0.25, 0.3) is 0 Å². The van der Waals surface area contributed by atoms with Gasteiger partial charge in [-0.15, -0.1) is 0 Å². The van der Waals surface area contributed by atoms with Gasteiger partial charge in [0.2, 0.25) is 0 Å². The van der Waals surface area contributed by atoms with E-state index in [1.54, 1.807) is 0 Å². The van der Waals surface area contributed by atoms with Crippen molar-refractivity contribution in [2.24, 2.45) is 5.92 Å². The van der Waals surface area contributed by atoms with Crippen molar-refractivity contribution < 1.29 is 14.6 Å². The van der Waals surface area contributed by atoms with Gasteiger partial charge in [-0.25, -0.2) is 4.79 Å². The number of amides is 1. The van der Waals surface area contributed by atoms with Crippen molar-refractivity contribution in [2.75, 3.05) is 6.54 Å². The number of hydrogen-bond acceptors (Lipinski definition) is 3. The Balaban J connectivity index is 2.03. The topological polar surface area (TPSA) is 49.8 Å². The number of rotatable bonds is 2. The van der Waals surface area contributed by atoms with E-state index in [1.165, 1.54) is 0 Å². The van der Waals surface area contributed by atoms with Crippen LogP contribution in [0.5, 0.6) is 0 Å². The number of aliphatic hydroxyl groups excluding tert-OH is 1. The van der Waals surface area contributed by atoms with E-state index < -0.39 is 0 Å². The molecule has 0 aromatic carbocycles. The maximum atomic E-state index is 12.1. The lowest BCUT2D eigenvalue weighted by Crippen LogP contribution is -2.49. The van der Waals surface area contributed by atoms with Crippen LogP contribution in [0.3, 0.4) is 0 Å². The highest BCUT2D eigenvalue weighted by molar-refractivity contribution is 5.68. The van der Waals surface area contributed by atoms with Crippen LogP contribution in [0.1, 0.15) is 52.4 Å². The minimum Gasteiger partial charge on any atom is -0.447 e. The zero-order valence-electron chi connectivity index (χ0n) is 11.5. The average Bonchev–Trinajstić information content (AvgIpc) is 2.74. The lowest BCUT2D eigenvalue weighted by Gasteiger charge is -2.39. The standard InChI is InChI=1S/C14H25NO3/c1-10(2)18-14(17)15-9-4-3-7-12(15)11-6-5-8-13(11)16/h10-13,16H,3-9H2,1-2H3. The van der Waals surface area contributed by atoms with E-state index in [2.05, 4.69) is 0 Å². The Morgan fingerprint density at radius 3 is 2.61 bits per heavy atom. The predicted molar refractivity (Wildman–Crippen MR) is 69.3 cm³/mol. The maximum absolute atomic E-state index is 12.1. The predicted octanol–water partition coefficient (Wildman–Crippen LogP) is 2.55. The number of carbonyl (C=O) groups is 1. The molecule has 1 heterocycles. The second-order valence-corrected chi connectivity index (χ2v) is 5.85. The van der Waals surface area contributed by atoms with Crippen molar-refractivity contribution in [1.29, 1.82) is 0 Å². The quantitative estimate of drug-likeness (QED) is 0.825. The summed E-state index contributed by atoms with van der Waals surface area (Å²) in [6.07, 6.45) is 5.70. The molecule has 0 aromatic rings. The number of likely N-dealkylation sites (tertiary alicyclic amines) is 1. The molecule has 1 amide bonds. The second-order valence-electron chi connectivity index (χ2n) is 5.85. The number of carbonyl (C=O) groups excluding carboxylic acids is 1. The Hall–Kier alpha value is -0.770. The first kappa shape index (κ1) is 13.7. The molecule has 0 radical (unpaired) electrons. The van der Waals surface area contributed by atoms with Gasteiger partial charge in [-0.05, 0) is 46.0 Å². The molecule has 2 aliphatic rings. The van der Waals surface area contributed by atoms with Crippen LogP contribution < -0.4 is 0 Å². The molecule has 4 nitrogen and oxygen atoms in total. The van der Waals surface area contributed by atoms with Crippen LogP contribution in [-0.2, 0) is 4.74 Å². The summed E-state index contributed by atoms with van der Waals surface area (Å²) in [6, 6.07) is 0.183. The van der Waals surface area contributed by atoms with E-state index >= 15 is 0 Å². The third kappa shape index (κ3) is 2.97. The van der Waals surface area contributed by atoms with Gasteiger partial charge >= 0.3 is 6.09 Å². The molecule has 18 heavy (non-hydrogen) atoms. The third-order valence-corrected chi connectivity index (χ3v) is 4.15. The molecule has 3 atom stereocenters. The summed E-state index contributed by atoms with van der Waals surface area (Å²) in [5.74, 6) is 0.255. The highest BCUT2D eigenvalue weighted by Crippen LogP contribution is 2.35. The summed E-state index contributed by atoms with van der Waals surface area (Å²) < 4.78 is 5.32. The lowest BCUT2D eigenvalue weighted by molar-refractivity contribution is 0.0153. The molecule has 2 rings (SSSR count). The highest BCUT2D eigenvalue weighted by atomic mass is 16.6. The summed E-state index contributed by atoms with van der Waals surface area (Å²) in [7, 11) is 0. The van der Waals surface area contributed by atoms with Crippen molar-refractivity contribution in [3.63, 3.8) is 0 Å². The second kappa shape index (κ2) is 5.91. The lowest BCUT2D eigenvalue weighted by atomic mass is 9.88. The Bertz CT molecular complexity index is 293. The van der Waals surface area contributed by atoms with Gasteiger partial charge < -0.3 is 14.7 Å². The third-order valence-electron chi connectivity index (χ3n) is 4.15. The van der Waals surface area contributed by atoms with Gasteiger partial charge in [0, 0.05) is 18.5 Å². The van der Waals surface area contributed by atoms with E-state index in [9.17, 15) is 9.90 Å². The molecular formula is C14H25NO3. The smallest absolute Gasteiger partial charge is 0.410 e. The highest BCUT2D eigenvalue weighted by Gasteiger charge is 2.39. The molecule has 0 aromatic heterocycles. The Labute approximate surface area is 109 Å². The molecule has 1 N–H and O–H groups in total. The molecule has 1 aliphatic carbocycles. The van der Waals surface area contributed by atoms with Crippen molar-refractivity contribution in [3.05, 3.63) is 0 Å². The Morgan fingerprint density at radius 1 is 1.22 bits per heavy atom. The average molecular weight is 255 g/mol. The molecule has 0 spiro atoms. The first-order valence-electron chi connectivity index (χ1n) is 7.25. The first-order valence-corrected chi connectivity index (χ1v) is 7.25. The molecule has 104 valence electrons. The zero-order valence-corrected chi connectivity index (χ0v) is 11.5. The maximum Gasteiger partial charge on any atom is 0.410 e. The van der Waals surface area contributed by atoms with Crippen LogP contribution in [0.2, 0.25) is 0 Å². The number of aliphatic hydroxyl groups is 1. The van der Waals surface area contributed by atoms with E-state index in [0.717, 1.165) is 45.1 Å². The number of nitrogens with zero attached hydrogens (tertiary/aromatic N) is 1. The normalized spacial score (nSPS) is 32.9. The monoisotopic (exact) mass is 255 g/mol. The molecular weight excluding hydrogens is 230 g/mol. The van der Waals surface area contributed by atoms with Gasteiger partial charge in [-0.2, -0.15) is 0 Å². The van der Waals surface area contributed by atoms with E-state index in [4.69, 9.17) is 4.74 Å². The van der Waals surface area contributed by atoms with Crippen molar-refractivity contribution >= 4 is 6.09 Å². The zero-order chi connectivity index (χ0) is 13.1.